The van der Waals surface area contributed by atoms with Crippen LogP contribution in [0.1, 0.15) is 12.1 Å². The molecule has 0 saturated carbocycles. The molecule has 0 atom stereocenters. The minimum atomic E-state index is -2.55. The molecule has 0 radical (unpaired) electrons. The van der Waals surface area contributed by atoms with E-state index in [1.54, 1.807) is 12.1 Å². The van der Waals surface area contributed by atoms with Crippen molar-refractivity contribution in [3.63, 3.8) is 0 Å². The minimum Gasteiger partial charge on any atom is -0.230 e. The normalized spacial score (nSPS) is 11.1. The van der Waals surface area contributed by atoms with Gasteiger partial charge in [-0.1, -0.05) is 6.07 Å². The van der Waals surface area contributed by atoms with E-state index in [1.807, 2.05) is 6.07 Å². The number of nitrogens with zero attached hydrogens (tertiary/aromatic N) is 2. The minimum absolute atomic E-state index is 0.132. The van der Waals surface area contributed by atoms with Crippen LogP contribution in [0.2, 0.25) is 0 Å². The third-order valence-corrected chi connectivity index (χ3v) is 3.32. The first-order chi connectivity index (χ1) is 7.61. The van der Waals surface area contributed by atoms with Crippen molar-refractivity contribution in [3.8, 4) is 5.69 Å². The first-order valence-electron chi connectivity index (χ1n) is 4.37. The Kier molecular flexibility index (Phi) is 3.39. The van der Waals surface area contributed by atoms with E-state index in [-0.39, 0.29) is 5.69 Å². The van der Waals surface area contributed by atoms with Crippen molar-refractivity contribution >= 4 is 31.9 Å². The summed E-state index contributed by atoms with van der Waals surface area (Å²) in [7, 11) is 0. The quantitative estimate of drug-likeness (QED) is 0.787. The molecule has 2 rings (SSSR count). The monoisotopic (exact) mass is 350 g/mol. The second-order valence-electron chi connectivity index (χ2n) is 3.04. The molecule has 6 heteroatoms. The number of halogens is 4. The molecule has 1 aromatic carbocycles. The Morgan fingerprint density at radius 1 is 1.12 bits per heavy atom. The number of para-hydroxylation sites is 1. The second-order valence-corrected chi connectivity index (χ2v) is 4.75. The molecule has 0 fully saturated rings. The summed E-state index contributed by atoms with van der Waals surface area (Å²) in [6.45, 7) is 0. The van der Waals surface area contributed by atoms with Crippen LogP contribution >= 0.6 is 31.9 Å². The maximum atomic E-state index is 12.7. The summed E-state index contributed by atoms with van der Waals surface area (Å²) in [5.74, 6) is 0. The molecule has 1 heterocycles. The van der Waals surface area contributed by atoms with Crippen molar-refractivity contribution in [1.29, 1.82) is 0 Å². The fraction of sp³-hybridized carbons (Fsp3) is 0.100. The van der Waals surface area contributed by atoms with E-state index in [4.69, 9.17) is 0 Å². The van der Waals surface area contributed by atoms with Crippen molar-refractivity contribution in [2.24, 2.45) is 0 Å². The van der Waals surface area contributed by atoms with E-state index in [9.17, 15) is 8.78 Å². The average molecular weight is 352 g/mol. The third-order valence-electron chi connectivity index (χ3n) is 2.04. The summed E-state index contributed by atoms with van der Waals surface area (Å²) in [4.78, 5) is 0. The lowest BCUT2D eigenvalue weighted by Crippen LogP contribution is -2.04. The van der Waals surface area contributed by atoms with Crippen LogP contribution in [0, 0.1) is 0 Å². The number of hydrogen-bond acceptors (Lipinski definition) is 1. The Bertz CT molecular complexity index is 491. The predicted molar refractivity (Wildman–Crippen MR) is 63.9 cm³/mol. The van der Waals surface area contributed by atoms with Gasteiger partial charge in [0.25, 0.3) is 6.43 Å². The molecule has 0 aliphatic carbocycles. The van der Waals surface area contributed by atoms with Crippen LogP contribution in [-0.4, -0.2) is 9.78 Å². The SMILES string of the molecule is FC(F)c1ccnn1-c1c(Br)cccc1Br. The predicted octanol–water partition coefficient (Wildman–Crippen LogP) is 4.33. The highest BCUT2D eigenvalue weighted by Crippen LogP contribution is 2.31. The molecule has 0 N–H and O–H groups in total. The molecule has 0 bridgehead atoms. The summed E-state index contributed by atoms with van der Waals surface area (Å²) in [6.07, 6.45) is -1.20. The zero-order valence-corrected chi connectivity index (χ0v) is 11.0. The van der Waals surface area contributed by atoms with Crippen molar-refractivity contribution in [2.45, 2.75) is 6.43 Å². The van der Waals surface area contributed by atoms with Gasteiger partial charge in [-0.2, -0.15) is 5.10 Å². The van der Waals surface area contributed by atoms with Gasteiger partial charge in [-0.05, 0) is 50.1 Å². The number of benzene rings is 1. The molecular formula is C10H6Br2F2N2. The molecule has 16 heavy (non-hydrogen) atoms. The highest BCUT2D eigenvalue weighted by atomic mass is 79.9. The molecule has 1 aromatic heterocycles. The number of hydrogen-bond donors (Lipinski definition) is 0. The van der Waals surface area contributed by atoms with Crippen LogP contribution in [0.4, 0.5) is 8.78 Å². The van der Waals surface area contributed by atoms with Gasteiger partial charge in [0.05, 0.1) is 5.69 Å². The van der Waals surface area contributed by atoms with Crippen LogP contribution in [0.5, 0.6) is 0 Å². The van der Waals surface area contributed by atoms with Crippen molar-refractivity contribution < 1.29 is 8.78 Å². The maximum Gasteiger partial charge on any atom is 0.280 e. The Morgan fingerprint density at radius 3 is 2.31 bits per heavy atom. The topological polar surface area (TPSA) is 17.8 Å². The van der Waals surface area contributed by atoms with E-state index < -0.39 is 6.43 Å². The van der Waals surface area contributed by atoms with Gasteiger partial charge >= 0.3 is 0 Å². The van der Waals surface area contributed by atoms with Crippen LogP contribution in [0.25, 0.3) is 5.69 Å². The summed E-state index contributed by atoms with van der Waals surface area (Å²) in [5, 5.41) is 3.91. The van der Waals surface area contributed by atoms with Crippen molar-refractivity contribution in [1.82, 2.24) is 9.78 Å². The summed E-state index contributed by atoms with van der Waals surface area (Å²) >= 11 is 6.63. The molecule has 0 amide bonds. The van der Waals surface area contributed by atoms with Gasteiger partial charge in [0.2, 0.25) is 0 Å². The number of aromatic nitrogens is 2. The highest BCUT2D eigenvalue weighted by molar-refractivity contribution is 9.11. The number of rotatable bonds is 2. The van der Waals surface area contributed by atoms with Gasteiger partial charge < -0.3 is 0 Å². The van der Waals surface area contributed by atoms with E-state index in [0.29, 0.717) is 14.6 Å². The van der Waals surface area contributed by atoms with Crippen LogP contribution in [-0.2, 0) is 0 Å². The molecule has 2 nitrogen and oxygen atoms in total. The smallest absolute Gasteiger partial charge is 0.230 e. The molecule has 2 aromatic rings. The lowest BCUT2D eigenvalue weighted by molar-refractivity contribution is 0.142. The molecular weight excluding hydrogens is 346 g/mol. The molecule has 0 unspecified atom stereocenters. The molecule has 0 saturated heterocycles. The van der Waals surface area contributed by atoms with Gasteiger partial charge in [0.1, 0.15) is 5.69 Å². The lowest BCUT2D eigenvalue weighted by Gasteiger charge is -2.10. The molecule has 0 aliphatic heterocycles. The van der Waals surface area contributed by atoms with E-state index in [1.165, 1.54) is 16.9 Å². The zero-order chi connectivity index (χ0) is 11.7. The largest absolute Gasteiger partial charge is 0.280 e. The standard InChI is InChI=1S/C10H6Br2F2N2/c11-6-2-1-3-7(12)9(6)16-8(10(13)14)4-5-15-16/h1-5,10H. The van der Waals surface area contributed by atoms with Gasteiger partial charge in [-0.25, -0.2) is 13.5 Å². The van der Waals surface area contributed by atoms with Gasteiger partial charge in [0, 0.05) is 15.1 Å². The van der Waals surface area contributed by atoms with Crippen LogP contribution < -0.4 is 0 Å². The van der Waals surface area contributed by atoms with Crippen molar-refractivity contribution in [3.05, 3.63) is 45.1 Å². The van der Waals surface area contributed by atoms with Crippen LogP contribution in [0.3, 0.4) is 0 Å². The Balaban J connectivity index is 2.63. The fourth-order valence-electron chi connectivity index (χ4n) is 1.36. The molecule has 0 spiro atoms. The number of alkyl halides is 2. The Hall–Kier alpha value is -0.750. The maximum absolute atomic E-state index is 12.7. The lowest BCUT2D eigenvalue weighted by atomic mass is 10.3. The van der Waals surface area contributed by atoms with Gasteiger partial charge in [-0.3, -0.25) is 0 Å². The first-order valence-corrected chi connectivity index (χ1v) is 5.96. The fourth-order valence-corrected chi connectivity index (χ4v) is 2.69. The second kappa shape index (κ2) is 4.63. The highest BCUT2D eigenvalue weighted by Gasteiger charge is 2.17. The van der Waals surface area contributed by atoms with Crippen LogP contribution in [0.15, 0.2) is 39.4 Å². The summed E-state index contributed by atoms with van der Waals surface area (Å²) < 4.78 is 28.1. The Morgan fingerprint density at radius 2 is 1.75 bits per heavy atom. The van der Waals surface area contributed by atoms with E-state index in [2.05, 4.69) is 37.0 Å². The average Bonchev–Trinajstić information content (AvgIpc) is 2.66. The molecule has 0 aliphatic rings. The zero-order valence-electron chi connectivity index (χ0n) is 7.87. The summed E-state index contributed by atoms with van der Waals surface area (Å²) in [6, 6.07) is 6.66. The molecule has 84 valence electrons. The van der Waals surface area contributed by atoms with E-state index in [0.717, 1.165) is 0 Å². The Labute approximate surface area is 108 Å². The first kappa shape index (κ1) is 11.7. The van der Waals surface area contributed by atoms with Gasteiger partial charge in [0.15, 0.2) is 0 Å². The third kappa shape index (κ3) is 2.04. The summed E-state index contributed by atoms with van der Waals surface area (Å²) in [5.41, 5.74) is 0.440. The van der Waals surface area contributed by atoms with Crippen molar-refractivity contribution in [2.75, 3.05) is 0 Å². The van der Waals surface area contributed by atoms with Gasteiger partial charge in [-0.15, -0.1) is 0 Å². The van der Waals surface area contributed by atoms with E-state index >= 15 is 0 Å².